The fourth-order valence-corrected chi connectivity index (χ4v) is 2.20. The van der Waals surface area contributed by atoms with Crippen molar-refractivity contribution in [2.24, 2.45) is 0 Å². The number of rotatable bonds is 5. The highest BCUT2D eigenvalue weighted by atomic mass is 35.5. The van der Waals surface area contributed by atoms with Crippen LogP contribution in [0.4, 0.5) is 11.4 Å². The van der Waals surface area contributed by atoms with Gasteiger partial charge in [-0.1, -0.05) is 40.9 Å². The smallest absolute Gasteiger partial charge is 0.226 e. The van der Waals surface area contributed by atoms with E-state index in [-0.39, 0.29) is 5.91 Å². The summed E-state index contributed by atoms with van der Waals surface area (Å²) in [5, 5.41) is 7.43. The summed E-state index contributed by atoms with van der Waals surface area (Å²) in [6.45, 7) is 0.458. The lowest BCUT2D eigenvalue weighted by Crippen LogP contribution is -2.16. The minimum Gasteiger partial charge on any atom is -0.383 e. The number of amides is 1. The molecule has 0 aliphatic heterocycles. The quantitative estimate of drug-likeness (QED) is 0.794. The molecule has 3 nitrogen and oxygen atoms in total. The number of halogens is 3. The maximum Gasteiger partial charge on any atom is 0.226 e. The van der Waals surface area contributed by atoms with Crippen LogP contribution in [0.1, 0.15) is 6.42 Å². The Morgan fingerprint density at radius 3 is 2.43 bits per heavy atom. The Labute approximate surface area is 138 Å². The van der Waals surface area contributed by atoms with E-state index in [0.717, 1.165) is 0 Å². The van der Waals surface area contributed by atoms with Crippen molar-refractivity contribution in [3.63, 3.8) is 0 Å². The first-order valence-electron chi connectivity index (χ1n) is 6.29. The Hall–Kier alpha value is -1.42. The van der Waals surface area contributed by atoms with Gasteiger partial charge in [0.1, 0.15) is 0 Å². The van der Waals surface area contributed by atoms with Crippen molar-refractivity contribution in [1.29, 1.82) is 0 Å². The van der Waals surface area contributed by atoms with Gasteiger partial charge in [0.15, 0.2) is 0 Å². The molecule has 0 spiro atoms. The molecule has 0 saturated heterocycles. The molecule has 110 valence electrons. The summed E-state index contributed by atoms with van der Waals surface area (Å²) in [7, 11) is 0. The van der Waals surface area contributed by atoms with Crippen LogP contribution in [0.3, 0.4) is 0 Å². The predicted octanol–water partition coefficient (Wildman–Crippen LogP) is 5.09. The van der Waals surface area contributed by atoms with Crippen molar-refractivity contribution < 1.29 is 4.79 Å². The number of benzene rings is 2. The third-order valence-electron chi connectivity index (χ3n) is 2.75. The molecule has 0 fully saturated rings. The summed E-state index contributed by atoms with van der Waals surface area (Å²) >= 11 is 17.7. The Morgan fingerprint density at radius 2 is 1.71 bits per heavy atom. The molecule has 0 atom stereocenters. The SMILES string of the molecule is O=C(CCNc1cccc(Cl)c1Cl)Nc1ccc(Cl)cc1. The summed E-state index contributed by atoms with van der Waals surface area (Å²) < 4.78 is 0. The minimum absolute atomic E-state index is 0.0945. The zero-order valence-electron chi connectivity index (χ0n) is 11.0. The van der Waals surface area contributed by atoms with Gasteiger partial charge in [-0.05, 0) is 36.4 Å². The maximum absolute atomic E-state index is 11.8. The second-order valence-corrected chi connectivity index (χ2v) is 5.55. The first-order valence-corrected chi connectivity index (χ1v) is 7.43. The van der Waals surface area contributed by atoms with Gasteiger partial charge in [-0.3, -0.25) is 4.79 Å². The summed E-state index contributed by atoms with van der Waals surface area (Å²) in [6, 6.07) is 12.3. The van der Waals surface area contributed by atoms with Crippen LogP contribution in [0.2, 0.25) is 15.1 Å². The summed E-state index contributed by atoms with van der Waals surface area (Å²) in [5.41, 5.74) is 1.42. The van der Waals surface area contributed by atoms with Crippen LogP contribution in [0.15, 0.2) is 42.5 Å². The van der Waals surface area contributed by atoms with Gasteiger partial charge in [-0.2, -0.15) is 0 Å². The number of nitrogens with one attached hydrogen (secondary N) is 2. The molecule has 2 rings (SSSR count). The van der Waals surface area contributed by atoms with Crippen LogP contribution < -0.4 is 10.6 Å². The molecule has 21 heavy (non-hydrogen) atoms. The lowest BCUT2D eigenvalue weighted by molar-refractivity contribution is -0.115. The van der Waals surface area contributed by atoms with Gasteiger partial charge in [0.05, 0.1) is 15.7 Å². The van der Waals surface area contributed by atoms with E-state index in [1.165, 1.54) is 0 Å². The van der Waals surface area contributed by atoms with E-state index < -0.39 is 0 Å². The van der Waals surface area contributed by atoms with Crippen LogP contribution in [0, 0.1) is 0 Å². The largest absolute Gasteiger partial charge is 0.383 e. The lowest BCUT2D eigenvalue weighted by atomic mass is 10.3. The zero-order valence-corrected chi connectivity index (χ0v) is 13.3. The van der Waals surface area contributed by atoms with E-state index in [9.17, 15) is 4.79 Å². The van der Waals surface area contributed by atoms with Crippen molar-refractivity contribution in [2.75, 3.05) is 17.2 Å². The summed E-state index contributed by atoms with van der Waals surface area (Å²) in [4.78, 5) is 11.8. The van der Waals surface area contributed by atoms with Gasteiger partial charge in [0.2, 0.25) is 5.91 Å². The summed E-state index contributed by atoms with van der Waals surface area (Å²) in [5.74, 6) is -0.0945. The van der Waals surface area contributed by atoms with Crippen molar-refractivity contribution in [3.05, 3.63) is 57.5 Å². The van der Waals surface area contributed by atoms with Crippen LogP contribution in [0.25, 0.3) is 0 Å². The fourth-order valence-electron chi connectivity index (χ4n) is 1.71. The first-order chi connectivity index (χ1) is 10.1. The van der Waals surface area contributed by atoms with E-state index in [4.69, 9.17) is 34.8 Å². The molecular formula is C15H13Cl3N2O. The second kappa shape index (κ2) is 7.55. The number of carbonyl (C=O) groups excluding carboxylic acids is 1. The van der Waals surface area contributed by atoms with Crippen molar-refractivity contribution in [1.82, 2.24) is 0 Å². The Kier molecular flexibility index (Phi) is 5.74. The average Bonchev–Trinajstić information content (AvgIpc) is 2.46. The maximum atomic E-state index is 11.8. The molecule has 0 unspecified atom stereocenters. The molecule has 0 radical (unpaired) electrons. The molecule has 1 amide bonds. The Morgan fingerprint density at radius 1 is 1.00 bits per heavy atom. The van der Waals surface area contributed by atoms with E-state index in [2.05, 4.69) is 10.6 Å². The lowest BCUT2D eigenvalue weighted by Gasteiger charge is -2.09. The van der Waals surface area contributed by atoms with E-state index in [1.54, 1.807) is 36.4 Å². The standard InChI is InChI=1S/C15H13Cl3N2O/c16-10-4-6-11(7-5-10)20-14(21)8-9-19-13-3-1-2-12(17)15(13)18/h1-7,19H,8-9H2,(H,20,21). The average molecular weight is 344 g/mol. The van der Waals surface area contributed by atoms with Crippen molar-refractivity contribution in [3.8, 4) is 0 Å². The number of anilines is 2. The van der Waals surface area contributed by atoms with Gasteiger partial charge < -0.3 is 10.6 Å². The third-order valence-corrected chi connectivity index (χ3v) is 3.82. The molecule has 0 saturated carbocycles. The zero-order chi connectivity index (χ0) is 15.2. The van der Waals surface area contributed by atoms with E-state index >= 15 is 0 Å². The van der Waals surface area contributed by atoms with Crippen LogP contribution in [-0.4, -0.2) is 12.5 Å². The van der Waals surface area contributed by atoms with Gasteiger partial charge >= 0.3 is 0 Å². The van der Waals surface area contributed by atoms with Crippen molar-refractivity contribution >= 4 is 52.1 Å². The van der Waals surface area contributed by atoms with Gasteiger partial charge in [-0.15, -0.1) is 0 Å². The first kappa shape index (κ1) is 16.0. The van der Waals surface area contributed by atoms with Crippen LogP contribution in [0.5, 0.6) is 0 Å². The van der Waals surface area contributed by atoms with Gasteiger partial charge in [0.25, 0.3) is 0 Å². The highest BCUT2D eigenvalue weighted by Gasteiger charge is 2.05. The van der Waals surface area contributed by atoms with E-state index in [1.807, 2.05) is 6.07 Å². The van der Waals surface area contributed by atoms with Crippen LogP contribution in [-0.2, 0) is 4.79 Å². The molecule has 0 bridgehead atoms. The molecule has 0 heterocycles. The highest BCUT2D eigenvalue weighted by molar-refractivity contribution is 6.43. The minimum atomic E-state index is -0.0945. The monoisotopic (exact) mass is 342 g/mol. The number of hydrogen-bond acceptors (Lipinski definition) is 2. The highest BCUT2D eigenvalue weighted by Crippen LogP contribution is 2.29. The second-order valence-electron chi connectivity index (χ2n) is 4.33. The molecule has 2 aromatic carbocycles. The summed E-state index contributed by atoms with van der Waals surface area (Å²) in [6.07, 6.45) is 0.311. The van der Waals surface area contributed by atoms with Gasteiger partial charge in [0, 0.05) is 23.7 Å². The van der Waals surface area contributed by atoms with Crippen LogP contribution >= 0.6 is 34.8 Å². The topological polar surface area (TPSA) is 41.1 Å². The molecule has 0 aromatic heterocycles. The molecule has 2 aromatic rings. The van der Waals surface area contributed by atoms with E-state index in [0.29, 0.717) is 39.4 Å². The number of hydrogen-bond donors (Lipinski definition) is 2. The van der Waals surface area contributed by atoms with Crippen molar-refractivity contribution in [2.45, 2.75) is 6.42 Å². The predicted molar refractivity (Wildman–Crippen MR) is 89.7 cm³/mol. The Balaban J connectivity index is 1.81. The van der Waals surface area contributed by atoms with Gasteiger partial charge in [-0.25, -0.2) is 0 Å². The third kappa shape index (κ3) is 4.81. The fraction of sp³-hybridized carbons (Fsp3) is 0.133. The molecule has 0 aliphatic rings. The molecule has 0 aliphatic carbocycles. The normalized spacial score (nSPS) is 10.2. The Bertz CT molecular complexity index is 629. The molecule has 2 N–H and O–H groups in total. The molecular weight excluding hydrogens is 331 g/mol. The molecule has 6 heteroatoms. The number of carbonyl (C=O) groups is 1.